The van der Waals surface area contributed by atoms with Crippen molar-refractivity contribution >= 4 is 11.8 Å². The number of hydrogen-bond acceptors (Lipinski definition) is 2. The van der Waals surface area contributed by atoms with Crippen molar-refractivity contribution in [3.63, 3.8) is 0 Å². The molecule has 0 aliphatic carbocycles. The first-order valence-electron chi connectivity index (χ1n) is 4.12. The van der Waals surface area contributed by atoms with E-state index in [4.69, 9.17) is 6.42 Å². The van der Waals surface area contributed by atoms with Gasteiger partial charge in [0.2, 0.25) is 0 Å². The zero-order valence-corrected chi connectivity index (χ0v) is 8.21. The van der Waals surface area contributed by atoms with E-state index in [1.165, 1.54) is 12.2 Å². The number of rotatable bonds is 6. The number of hydrogen-bond donors (Lipinski definition) is 1. The van der Waals surface area contributed by atoms with Crippen LogP contribution < -0.4 is 5.32 Å². The zero-order valence-electron chi connectivity index (χ0n) is 7.39. The van der Waals surface area contributed by atoms with Gasteiger partial charge < -0.3 is 5.32 Å². The topological polar surface area (TPSA) is 12.0 Å². The van der Waals surface area contributed by atoms with E-state index in [2.05, 4.69) is 25.1 Å². The molecule has 0 spiro atoms. The molecular formula is C9H17NS. The molecule has 64 valence electrons. The first-order chi connectivity index (χ1) is 5.35. The quantitative estimate of drug-likeness (QED) is 0.482. The Labute approximate surface area is 74.3 Å². The summed E-state index contributed by atoms with van der Waals surface area (Å²) in [5.41, 5.74) is 0. The number of nitrogens with one attached hydrogen (secondary N) is 1. The lowest BCUT2D eigenvalue weighted by molar-refractivity contribution is 0.684. The second-order valence-electron chi connectivity index (χ2n) is 2.35. The maximum Gasteiger partial charge on any atom is 0.0778 e. The highest BCUT2D eigenvalue weighted by molar-refractivity contribution is 7.99. The molecule has 1 unspecified atom stereocenters. The fourth-order valence-electron chi connectivity index (χ4n) is 0.758. The van der Waals surface area contributed by atoms with Crippen LogP contribution in [0.25, 0.3) is 0 Å². The molecule has 11 heavy (non-hydrogen) atoms. The normalized spacial score (nSPS) is 12.5. The Bertz CT molecular complexity index is 117. The van der Waals surface area contributed by atoms with Crippen LogP contribution in [0.5, 0.6) is 0 Å². The fraction of sp³-hybridized carbons (Fsp3) is 0.778. The Hall–Kier alpha value is -0.130. The highest BCUT2D eigenvalue weighted by atomic mass is 32.2. The first-order valence-corrected chi connectivity index (χ1v) is 5.27. The molecule has 1 nitrogen and oxygen atoms in total. The maximum atomic E-state index is 5.32. The molecule has 1 N–H and O–H groups in total. The lowest BCUT2D eigenvalue weighted by Crippen LogP contribution is -2.29. The molecule has 1 atom stereocenters. The third kappa shape index (κ3) is 6.28. The largest absolute Gasteiger partial charge is 0.303 e. The maximum absolute atomic E-state index is 5.32. The summed E-state index contributed by atoms with van der Waals surface area (Å²) in [4.78, 5) is 0. The van der Waals surface area contributed by atoms with Crippen molar-refractivity contribution in [1.82, 2.24) is 5.32 Å². The van der Waals surface area contributed by atoms with Crippen molar-refractivity contribution in [1.29, 1.82) is 0 Å². The van der Waals surface area contributed by atoms with Crippen molar-refractivity contribution < 1.29 is 0 Å². The highest BCUT2D eigenvalue weighted by Gasteiger charge is 2.00. The zero-order chi connectivity index (χ0) is 8.53. The smallest absolute Gasteiger partial charge is 0.0778 e. The van der Waals surface area contributed by atoms with Gasteiger partial charge in [0.05, 0.1) is 6.04 Å². The minimum atomic E-state index is 0.261. The van der Waals surface area contributed by atoms with E-state index in [0.717, 1.165) is 12.3 Å². The molecule has 0 rings (SSSR count). The first kappa shape index (κ1) is 10.9. The third-order valence-corrected chi connectivity index (χ3v) is 2.55. The van der Waals surface area contributed by atoms with Crippen LogP contribution in [-0.2, 0) is 0 Å². The Kier molecular flexibility index (Phi) is 7.88. The van der Waals surface area contributed by atoms with Crippen molar-refractivity contribution in [2.24, 2.45) is 0 Å². The average Bonchev–Trinajstić information content (AvgIpc) is 2.03. The van der Waals surface area contributed by atoms with Crippen molar-refractivity contribution in [2.45, 2.75) is 26.3 Å². The van der Waals surface area contributed by atoms with Crippen LogP contribution in [0.1, 0.15) is 20.3 Å². The van der Waals surface area contributed by atoms with Crippen LogP contribution >= 0.6 is 11.8 Å². The number of thioether (sulfide) groups is 1. The fourth-order valence-corrected chi connectivity index (χ4v) is 1.66. The van der Waals surface area contributed by atoms with Crippen LogP contribution in [0, 0.1) is 12.3 Å². The van der Waals surface area contributed by atoms with Gasteiger partial charge in [0.25, 0.3) is 0 Å². The van der Waals surface area contributed by atoms with Crippen LogP contribution in [0.2, 0.25) is 0 Å². The number of terminal acetylenes is 1. The molecule has 0 aromatic rings. The van der Waals surface area contributed by atoms with E-state index in [1.54, 1.807) is 0 Å². The van der Waals surface area contributed by atoms with Crippen LogP contribution in [0.3, 0.4) is 0 Å². The summed E-state index contributed by atoms with van der Waals surface area (Å²) < 4.78 is 0. The average molecular weight is 171 g/mol. The van der Waals surface area contributed by atoms with Crippen molar-refractivity contribution in [3.8, 4) is 12.3 Å². The van der Waals surface area contributed by atoms with E-state index < -0.39 is 0 Å². The summed E-state index contributed by atoms with van der Waals surface area (Å²) in [7, 11) is 0. The van der Waals surface area contributed by atoms with E-state index >= 15 is 0 Å². The molecule has 0 radical (unpaired) electrons. The molecule has 0 amide bonds. The van der Waals surface area contributed by atoms with E-state index in [1.807, 2.05) is 11.8 Å². The lowest BCUT2D eigenvalue weighted by atomic mass is 10.3. The molecule has 0 fully saturated rings. The molecule has 0 aromatic heterocycles. The molecule has 0 saturated heterocycles. The molecule has 2 heteroatoms. The molecule has 0 bridgehead atoms. The Morgan fingerprint density at radius 1 is 1.55 bits per heavy atom. The van der Waals surface area contributed by atoms with Gasteiger partial charge in [0.15, 0.2) is 0 Å². The van der Waals surface area contributed by atoms with Gasteiger partial charge in [0.1, 0.15) is 0 Å². The van der Waals surface area contributed by atoms with Gasteiger partial charge in [-0.15, -0.1) is 6.42 Å². The van der Waals surface area contributed by atoms with Crippen molar-refractivity contribution in [3.05, 3.63) is 0 Å². The third-order valence-electron chi connectivity index (χ3n) is 1.28. The van der Waals surface area contributed by atoms with E-state index in [0.29, 0.717) is 0 Å². The minimum Gasteiger partial charge on any atom is -0.303 e. The summed E-state index contributed by atoms with van der Waals surface area (Å²) in [5, 5.41) is 3.23. The van der Waals surface area contributed by atoms with Gasteiger partial charge in [-0.2, -0.15) is 11.8 Å². The van der Waals surface area contributed by atoms with Gasteiger partial charge in [-0.3, -0.25) is 0 Å². The second-order valence-corrected chi connectivity index (χ2v) is 3.50. The Morgan fingerprint density at radius 2 is 2.27 bits per heavy atom. The predicted octanol–water partition coefficient (Wildman–Crippen LogP) is 1.74. The monoisotopic (exact) mass is 171 g/mol. The highest BCUT2D eigenvalue weighted by Crippen LogP contribution is 2.03. The lowest BCUT2D eigenvalue weighted by Gasteiger charge is -2.09. The van der Waals surface area contributed by atoms with Gasteiger partial charge in [-0.25, -0.2) is 0 Å². The van der Waals surface area contributed by atoms with E-state index in [9.17, 15) is 0 Å². The standard InChI is InChI=1S/C9H17NS/c1-4-7-11-8-9(5-2)10-6-3/h2,9-10H,4,6-8H2,1,3H3. The summed E-state index contributed by atoms with van der Waals surface area (Å²) in [6.07, 6.45) is 6.55. The van der Waals surface area contributed by atoms with Gasteiger partial charge in [-0.1, -0.05) is 19.8 Å². The summed E-state index contributed by atoms with van der Waals surface area (Å²) in [5.74, 6) is 4.98. The summed E-state index contributed by atoms with van der Waals surface area (Å²) >= 11 is 1.92. The summed E-state index contributed by atoms with van der Waals surface area (Å²) in [6, 6.07) is 0.261. The SMILES string of the molecule is C#CC(CSCCC)NCC. The molecular weight excluding hydrogens is 154 g/mol. The van der Waals surface area contributed by atoms with Crippen LogP contribution in [-0.4, -0.2) is 24.1 Å². The molecule has 0 heterocycles. The second kappa shape index (κ2) is 7.97. The van der Waals surface area contributed by atoms with E-state index in [-0.39, 0.29) is 6.04 Å². The van der Waals surface area contributed by atoms with Crippen molar-refractivity contribution in [2.75, 3.05) is 18.1 Å². The predicted molar refractivity (Wildman–Crippen MR) is 53.9 cm³/mol. The van der Waals surface area contributed by atoms with Gasteiger partial charge in [-0.05, 0) is 18.7 Å². The van der Waals surface area contributed by atoms with Crippen LogP contribution in [0.15, 0.2) is 0 Å². The van der Waals surface area contributed by atoms with Gasteiger partial charge in [0, 0.05) is 5.75 Å². The molecule has 0 aliphatic rings. The Balaban J connectivity index is 3.30. The van der Waals surface area contributed by atoms with Crippen LogP contribution in [0.4, 0.5) is 0 Å². The minimum absolute atomic E-state index is 0.261. The summed E-state index contributed by atoms with van der Waals surface area (Å²) in [6.45, 7) is 5.22. The molecule has 0 aliphatic heterocycles. The van der Waals surface area contributed by atoms with Gasteiger partial charge >= 0.3 is 0 Å². The molecule has 0 aromatic carbocycles. The Morgan fingerprint density at radius 3 is 2.73 bits per heavy atom. The molecule has 0 saturated carbocycles.